The zero-order valence-corrected chi connectivity index (χ0v) is 10.00. The molecule has 0 aliphatic carbocycles. The van der Waals surface area contributed by atoms with E-state index in [1.54, 1.807) is 0 Å². The van der Waals surface area contributed by atoms with Gasteiger partial charge in [-0.1, -0.05) is 0 Å². The lowest BCUT2D eigenvalue weighted by molar-refractivity contribution is -0.137. The second-order valence-corrected chi connectivity index (χ2v) is 3.70. The van der Waals surface area contributed by atoms with E-state index in [0.717, 1.165) is 0 Å². The molecule has 1 unspecified atom stereocenters. The van der Waals surface area contributed by atoms with Crippen molar-refractivity contribution in [2.75, 3.05) is 19.0 Å². The highest BCUT2D eigenvalue weighted by Crippen LogP contribution is 2.05. The third-order valence-corrected chi connectivity index (χ3v) is 2.17. The molecule has 0 aliphatic rings. The minimum atomic E-state index is -1.01. The molecular weight excluding hydrogens is 240 g/mol. The molecule has 0 aliphatic heterocycles. The van der Waals surface area contributed by atoms with Gasteiger partial charge in [0.15, 0.2) is 0 Å². The van der Waals surface area contributed by atoms with Crippen molar-refractivity contribution in [3.63, 3.8) is 0 Å². The maximum Gasteiger partial charge on any atom is 0.325 e. The van der Waals surface area contributed by atoms with E-state index in [1.807, 2.05) is 0 Å². The number of aliphatic carboxylic acids is 1. The van der Waals surface area contributed by atoms with E-state index in [1.165, 1.54) is 24.2 Å². The van der Waals surface area contributed by atoms with E-state index in [4.69, 9.17) is 15.6 Å². The molecule has 0 spiro atoms. The molecule has 18 heavy (non-hydrogen) atoms. The number of amides is 1. The number of nitrogens with zero attached hydrogens (tertiary/aromatic N) is 2. The summed E-state index contributed by atoms with van der Waals surface area (Å²) >= 11 is 0. The highest BCUT2D eigenvalue weighted by molar-refractivity contribution is 5.94. The lowest BCUT2D eigenvalue weighted by Crippen LogP contribution is -2.36. The lowest BCUT2D eigenvalue weighted by Gasteiger charge is -2.10. The van der Waals surface area contributed by atoms with Gasteiger partial charge in [-0.2, -0.15) is 5.10 Å². The Labute approximate surface area is 104 Å². The van der Waals surface area contributed by atoms with E-state index in [2.05, 4.69) is 10.4 Å². The van der Waals surface area contributed by atoms with Crippen LogP contribution in [0.5, 0.6) is 0 Å². The molecule has 0 aromatic carbocycles. The van der Waals surface area contributed by atoms with Crippen LogP contribution in [0.25, 0.3) is 0 Å². The fraction of sp³-hybridized carbons (Fsp3) is 0.500. The summed E-state index contributed by atoms with van der Waals surface area (Å²) in [6, 6.07) is -0.673. The van der Waals surface area contributed by atoms with Crippen LogP contribution >= 0.6 is 0 Å². The van der Waals surface area contributed by atoms with Gasteiger partial charge in [-0.25, -0.2) is 0 Å². The normalized spacial score (nSPS) is 12.1. The van der Waals surface area contributed by atoms with Crippen LogP contribution in [-0.4, -0.2) is 46.5 Å². The largest absolute Gasteiger partial charge is 0.480 e. The van der Waals surface area contributed by atoms with Crippen LogP contribution < -0.4 is 11.1 Å². The Bertz CT molecular complexity index is 418. The standard InChI is InChI=1S/C10H16N4O4/c1-18-3-2-8(11)10(17)13-7-4-12-14(5-7)6-9(15)16/h4-5,8H,2-3,6,11H2,1H3,(H,13,17)(H,15,16). The number of aromatic nitrogens is 2. The van der Waals surface area contributed by atoms with Crippen LogP contribution in [0.4, 0.5) is 5.69 Å². The molecule has 1 atom stereocenters. The fourth-order valence-electron chi connectivity index (χ4n) is 1.26. The Morgan fingerprint density at radius 1 is 1.67 bits per heavy atom. The first kappa shape index (κ1) is 14.1. The molecule has 0 saturated carbocycles. The van der Waals surface area contributed by atoms with Gasteiger partial charge in [0, 0.05) is 19.9 Å². The Morgan fingerprint density at radius 3 is 3.00 bits per heavy atom. The van der Waals surface area contributed by atoms with Gasteiger partial charge in [0.25, 0.3) is 0 Å². The van der Waals surface area contributed by atoms with E-state index in [0.29, 0.717) is 18.7 Å². The summed E-state index contributed by atoms with van der Waals surface area (Å²) < 4.78 is 6.03. The predicted molar refractivity (Wildman–Crippen MR) is 63.0 cm³/mol. The molecule has 0 saturated heterocycles. The van der Waals surface area contributed by atoms with Gasteiger partial charge in [0.1, 0.15) is 6.54 Å². The zero-order chi connectivity index (χ0) is 13.5. The van der Waals surface area contributed by atoms with Crippen LogP contribution in [0, 0.1) is 0 Å². The number of carboxylic acids is 1. The quantitative estimate of drug-likeness (QED) is 0.591. The lowest BCUT2D eigenvalue weighted by atomic mass is 10.2. The number of hydrogen-bond donors (Lipinski definition) is 3. The second kappa shape index (κ2) is 6.72. The van der Waals surface area contributed by atoms with Crippen molar-refractivity contribution < 1.29 is 19.4 Å². The molecule has 0 fully saturated rings. The first-order valence-electron chi connectivity index (χ1n) is 5.32. The van der Waals surface area contributed by atoms with E-state index >= 15 is 0 Å². The molecule has 1 aromatic rings. The number of nitrogens with two attached hydrogens (primary N) is 1. The number of methoxy groups -OCH3 is 1. The fourth-order valence-corrected chi connectivity index (χ4v) is 1.26. The molecule has 1 amide bonds. The van der Waals surface area contributed by atoms with Gasteiger partial charge < -0.3 is 20.9 Å². The van der Waals surface area contributed by atoms with Crippen molar-refractivity contribution in [2.45, 2.75) is 19.0 Å². The summed E-state index contributed by atoms with van der Waals surface area (Å²) in [7, 11) is 1.53. The number of carbonyl (C=O) groups is 2. The van der Waals surface area contributed by atoms with E-state index < -0.39 is 12.0 Å². The SMILES string of the molecule is COCCC(N)C(=O)Nc1cnn(CC(=O)O)c1. The number of ether oxygens (including phenoxy) is 1. The topological polar surface area (TPSA) is 119 Å². The Morgan fingerprint density at radius 2 is 2.39 bits per heavy atom. The molecular formula is C10H16N4O4. The molecule has 1 aromatic heterocycles. The number of rotatable bonds is 7. The van der Waals surface area contributed by atoms with E-state index in [9.17, 15) is 9.59 Å². The summed E-state index contributed by atoms with van der Waals surface area (Å²) in [5.41, 5.74) is 6.04. The zero-order valence-electron chi connectivity index (χ0n) is 10.00. The van der Waals surface area contributed by atoms with Crippen LogP contribution in [0.2, 0.25) is 0 Å². The molecule has 4 N–H and O–H groups in total. The molecule has 100 valence electrons. The van der Waals surface area contributed by atoms with Crippen molar-refractivity contribution in [3.8, 4) is 0 Å². The summed E-state index contributed by atoms with van der Waals surface area (Å²) in [6.45, 7) is 0.137. The monoisotopic (exact) mass is 256 g/mol. The highest BCUT2D eigenvalue weighted by atomic mass is 16.5. The van der Waals surface area contributed by atoms with Crippen LogP contribution in [0.15, 0.2) is 12.4 Å². The smallest absolute Gasteiger partial charge is 0.325 e. The number of anilines is 1. The third kappa shape index (κ3) is 4.52. The summed E-state index contributed by atoms with van der Waals surface area (Å²) in [4.78, 5) is 22.0. The minimum absolute atomic E-state index is 0.258. The maximum absolute atomic E-state index is 11.6. The van der Waals surface area contributed by atoms with E-state index in [-0.39, 0.29) is 12.5 Å². The van der Waals surface area contributed by atoms with Gasteiger partial charge in [-0.3, -0.25) is 14.3 Å². The number of nitrogens with one attached hydrogen (secondary N) is 1. The Balaban J connectivity index is 2.48. The van der Waals surface area contributed by atoms with Crippen molar-refractivity contribution >= 4 is 17.6 Å². The summed E-state index contributed by atoms with van der Waals surface area (Å²) in [5.74, 6) is -1.37. The average Bonchev–Trinajstić information content (AvgIpc) is 2.72. The molecule has 0 radical (unpaired) electrons. The number of carboxylic acid groups (broad SMARTS) is 1. The van der Waals surface area contributed by atoms with Gasteiger partial charge in [0.2, 0.25) is 5.91 Å². The molecule has 8 heteroatoms. The molecule has 0 bridgehead atoms. The van der Waals surface area contributed by atoms with Crippen molar-refractivity contribution in [1.82, 2.24) is 9.78 Å². The van der Waals surface area contributed by atoms with Crippen LogP contribution in [-0.2, 0) is 20.9 Å². The third-order valence-electron chi connectivity index (χ3n) is 2.17. The number of hydrogen-bond acceptors (Lipinski definition) is 5. The van der Waals surface area contributed by atoms with Crippen LogP contribution in [0.1, 0.15) is 6.42 Å². The number of carbonyl (C=O) groups excluding carboxylic acids is 1. The summed E-state index contributed by atoms with van der Waals surface area (Å²) in [5, 5.41) is 14.9. The van der Waals surface area contributed by atoms with Crippen molar-refractivity contribution in [2.24, 2.45) is 5.73 Å². The highest BCUT2D eigenvalue weighted by Gasteiger charge is 2.14. The first-order chi connectivity index (χ1) is 8.52. The van der Waals surface area contributed by atoms with Crippen LogP contribution in [0.3, 0.4) is 0 Å². The molecule has 1 rings (SSSR count). The first-order valence-corrected chi connectivity index (χ1v) is 5.32. The second-order valence-electron chi connectivity index (χ2n) is 3.70. The molecule has 8 nitrogen and oxygen atoms in total. The van der Waals surface area contributed by atoms with Crippen molar-refractivity contribution in [1.29, 1.82) is 0 Å². The van der Waals surface area contributed by atoms with Gasteiger partial charge in [-0.05, 0) is 6.42 Å². The Hall–Kier alpha value is -1.93. The van der Waals surface area contributed by atoms with Crippen molar-refractivity contribution in [3.05, 3.63) is 12.4 Å². The van der Waals surface area contributed by atoms with Gasteiger partial charge >= 0.3 is 5.97 Å². The average molecular weight is 256 g/mol. The van der Waals surface area contributed by atoms with Gasteiger partial charge in [0.05, 0.1) is 17.9 Å². The summed E-state index contributed by atoms with van der Waals surface area (Å²) in [6.07, 6.45) is 3.20. The predicted octanol–water partition coefficient (Wildman–Crippen LogP) is -0.730. The minimum Gasteiger partial charge on any atom is -0.480 e. The van der Waals surface area contributed by atoms with Gasteiger partial charge in [-0.15, -0.1) is 0 Å². The Kier molecular flexibility index (Phi) is 5.28. The molecule has 1 heterocycles. The maximum atomic E-state index is 11.6.